The summed E-state index contributed by atoms with van der Waals surface area (Å²) in [5, 5.41) is 3.65. The van der Waals surface area contributed by atoms with Gasteiger partial charge in [0.25, 0.3) is 0 Å². The van der Waals surface area contributed by atoms with E-state index in [1.165, 1.54) is 0 Å². The predicted octanol–water partition coefficient (Wildman–Crippen LogP) is 3.56. The van der Waals surface area contributed by atoms with Crippen molar-refractivity contribution in [1.82, 2.24) is 5.32 Å². The van der Waals surface area contributed by atoms with E-state index in [9.17, 15) is 4.79 Å². The quantitative estimate of drug-likeness (QED) is 0.884. The molecule has 0 bridgehead atoms. The fourth-order valence-electron chi connectivity index (χ4n) is 2.32. The SMILES string of the molecule is COc1ccc(C)cc1CC(=O)NCCc1cccc(Cl)c1. The molecule has 22 heavy (non-hydrogen) atoms. The van der Waals surface area contributed by atoms with Gasteiger partial charge < -0.3 is 10.1 Å². The lowest BCUT2D eigenvalue weighted by Gasteiger charge is -2.10. The van der Waals surface area contributed by atoms with Gasteiger partial charge in [-0.25, -0.2) is 0 Å². The summed E-state index contributed by atoms with van der Waals surface area (Å²) in [6, 6.07) is 13.5. The number of ether oxygens (including phenoxy) is 1. The predicted molar refractivity (Wildman–Crippen MR) is 89.6 cm³/mol. The molecule has 116 valence electrons. The molecule has 2 aromatic carbocycles. The lowest BCUT2D eigenvalue weighted by Crippen LogP contribution is -2.27. The van der Waals surface area contributed by atoms with Crippen LogP contribution in [0.3, 0.4) is 0 Å². The topological polar surface area (TPSA) is 38.3 Å². The van der Waals surface area contributed by atoms with Crippen molar-refractivity contribution < 1.29 is 9.53 Å². The number of methoxy groups -OCH3 is 1. The first-order valence-electron chi connectivity index (χ1n) is 7.23. The Kier molecular flexibility index (Phi) is 5.84. The number of halogens is 1. The van der Waals surface area contributed by atoms with Crippen molar-refractivity contribution in [3.05, 3.63) is 64.2 Å². The first-order valence-corrected chi connectivity index (χ1v) is 7.61. The zero-order valence-corrected chi connectivity index (χ0v) is 13.6. The van der Waals surface area contributed by atoms with Crippen LogP contribution in [0.4, 0.5) is 0 Å². The van der Waals surface area contributed by atoms with Crippen LogP contribution in [-0.2, 0) is 17.6 Å². The van der Waals surface area contributed by atoms with E-state index in [0.29, 0.717) is 18.0 Å². The number of benzene rings is 2. The third-order valence-corrected chi connectivity index (χ3v) is 3.65. The lowest BCUT2D eigenvalue weighted by molar-refractivity contribution is -0.120. The van der Waals surface area contributed by atoms with E-state index < -0.39 is 0 Å². The van der Waals surface area contributed by atoms with E-state index in [2.05, 4.69) is 5.32 Å². The first-order chi connectivity index (χ1) is 10.6. The van der Waals surface area contributed by atoms with Crippen LogP contribution in [0.25, 0.3) is 0 Å². The summed E-state index contributed by atoms with van der Waals surface area (Å²) in [4.78, 5) is 12.1. The fraction of sp³-hybridized carbons (Fsp3) is 0.278. The minimum atomic E-state index is -0.00840. The van der Waals surface area contributed by atoms with E-state index in [-0.39, 0.29) is 5.91 Å². The Hall–Kier alpha value is -2.00. The number of aryl methyl sites for hydroxylation is 1. The molecule has 0 aliphatic rings. The standard InChI is InChI=1S/C18H20ClNO2/c1-13-6-7-17(22-2)15(10-13)12-18(21)20-9-8-14-4-3-5-16(19)11-14/h3-7,10-11H,8-9,12H2,1-2H3,(H,20,21). The number of carbonyl (C=O) groups is 1. The minimum Gasteiger partial charge on any atom is -0.496 e. The van der Waals surface area contributed by atoms with Gasteiger partial charge in [0.05, 0.1) is 13.5 Å². The summed E-state index contributed by atoms with van der Waals surface area (Å²) in [5.41, 5.74) is 3.13. The summed E-state index contributed by atoms with van der Waals surface area (Å²) in [6.45, 7) is 2.59. The van der Waals surface area contributed by atoms with Crippen LogP contribution in [0.5, 0.6) is 5.75 Å². The second-order valence-corrected chi connectivity index (χ2v) is 5.66. The molecule has 0 atom stereocenters. The van der Waals surface area contributed by atoms with Crippen molar-refractivity contribution in [2.24, 2.45) is 0 Å². The van der Waals surface area contributed by atoms with Crippen molar-refractivity contribution in [2.45, 2.75) is 19.8 Å². The Morgan fingerprint density at radius 3 is 2.77 bits per heavy atom. The molecule has 0 saturated heterocycles. The number of carbonyl (C=O) groups excluding carboxylic acids is 1. The molecule has 3 nitrogen and oxygen atoms in total. The molecule has 0 radical (unpaired) electrons. The van der Waals surface area contributed by atoms with Crippen LogP contribution in [0, 0.1) is 6.92 Å². The minimum absolute atomic E-state index is 0.00840. The monoisotopic (exact) mass is 317 g/mol. The third kappa shape index (κ3) is 4.78. The van der Waals surface area contributed by atoms with Gasteiger partial charge in [-0.05, 0) is 37.1 Å². The molecule has 0 saturated carbocycles. The molecule has 0 aromatic heterocycles. The zero-order chi connectivity index (χ0) is 15.9. The normalized spacial score (nSPS) is 10.3. The maximum atomic E-state index is 12.1. The molecule has 1 amide bonds. The largest absolute Gasteiger partial charge is 0.496 e. The number of hydrogen-bond donors (Lipinski definition) is 1. The Bertz CT molecular complexity index is 655. The van der Waals surface area contributed by atoms with Gasteiger partial charge in [0.15, 0.2) is 0 Å². The number of amides is 1. The Morgan fingerprint density at radius 2 is 2.05 bits per heavy atom. The lowest BCUT2D eigenvalue weighted by atomic mass is 10.1. The van der Waals surface area contributed by atoms with Gasteiger partial charge in [0, 0.05) is 17.1 Å². The van der Waals surface area contributed by atoms with Crippen LogP contribution >= 0.6 is 11.6 Å². The summed E-state index contributed by atoms with van der Waals surface area (Å²) < 4.78 is 5.29. The highest BCUT2D eigenvalue weighted by Gasteiger charge is 2.08. The highest BCUT2D eigenvalue weighted by atomic mass is 35.5. The molecular formula is C18H20ClNO2. The number of hydrogen-bond acceptors (Lipinski definition) is 2. The maximum absolute atomic E-state index is 12.1. The van der Waals surface area contributed by atoms with Crippen LogP contribution in [0.1, 0.15) is 16.7 Å². The van der Waals surface area contributed by atoms with Crippen molar-refractivity contribution in [1.29, 1.82) is 0 Å². The van der Waals surface area contributed by atoms with E-state index in [4.69, 9.17) is 16.3 Å². The Labute approximate surface area is 136 Å². The van der Waals surface area contributed by atoms with Gasteiger partial charge >= 0.3 is 0 Å². The van der Waals surface area contributed by atoms with Crippen molar-refractivity contribution in [2.75, 3.05) is 13.7 Å². The molecule has 0 unspecified atom stereocenters. The van der Waals surface area contributed by atoms with Crippen LogP contribution in [0.2, 0.25) is 5.02 Å². The maximum Gasteiger partial charge on any atom is 0.224 e. The van der Waals surface area contributed by atoms with Gasteiger partial charge in [-0.1, -0.05) is 41.4 Å². The Morgan fingerprint density at radius 1 is 1.23 bits per heavy atom. The van der Waals surface area contributed by atoms with Crippen LogP contribution in [-0.4, -0.2) is 19.6 Å². The summed E-state index contributed by atoms with van der Waals surface area (Å²) in [6.07, 6.45) is 1.08. The first kappa shape index (κ1) is 16.4. The molecule has 4 heteroatoms. The summed E-state index contributed by atoms with van der Waals surface area (Å²) in [5.74, 6) is 0.738. The van der Waals surface area contributed by atoms with Gasteiger partial charge in [0.2, 0.25) is 5.91 Å². The van der Waals surface area contributed by atoms with E-state index in [1.54, 1.807) is 7.11 Å². The number of nitrogens with one attached hydrogen (secondary N) is 1. The average Bonchev–Trinajstić information content (AvgIpc) is 2.47. The van der Waals surface area contributed by atoms with Crippen molar-refractivity contribution in [3.63, 3.8) is 0 Å². The smallest absolute Gasteiger partial charge is 0.224 e. The second-order valence-electron chi connectivity index (χ2n) is 5.22. The summed E-state index contributed by atoms with van der Waals surface area (Å²) >= 11 is 5.94. The molecule has 2 rings (SSSR count). The number of rotatable bonds is 6. The Balaban J connectivity index is 1.87. The van der Waals surface area contributed by atoms with E-state index in [0.717, 1.165) is 28.9 Å². The van der Waals surface area contributed by atoms with E-state index in [1.807, 2.05) is 49.4 Å². The van der Waals surface area contributed by atoms with Crippen LogP contribution < -0.4 is 10.1 Å². The molecule has 0 heterocycles. The molecule has 0 fully saturated rings. The molecule has 0 aliphatic heterocycles. The molecule has 1 N–H and O–H groups in total. The molecular weight excluding hydrogens is 298 g/mol. The van der Waals surface area contributed by atoms with Crippen molar-refractivity contribution >= 4 is 17.5 Å². The third-order valence-electron chi connectivity index (χ3n) is 3.41. The van der Waals surface area contributed by atoms with Gasteiger partial charge in [-0.15, -0.1) is 0 Å². The highest BCUT2D eigenvalue weighted by Crippen LogP contribution is 2.20. The van der Waals surface area contributed by atoms with E-state index >= 15 is 0 Å². The zero-order valence-electron chi connectivity index (χ0n) is 12.9. The fourth-order valence-corrected chi connectivity index (χ4v) is 2.53. The molecule has 0 aliphatic carbocycles. The molecule has 0 spiro atoms. The van der Waals surface area contributed by atoms with Gasteiger partial charge in [0.1, 0.15) is 5.75 Å². The average molecular weight is 318 g/mol. The summed E-state index contributed by atoms with van der Waals surface area (Å²) in [7, 11) is 1.62. The van der Waals surface area contributed by atoms with Crippen LogP contribution in [0.15, 0.2) is 42.5 Å². The van der Waals surface area contributed by atoms with Gasteiger partial charge in [-0.3, -0.25) is 4.79 Å². The second kappa shape index (κ2) is 7.85. The highest BCUT2D eigenvalue weighted by molar-refractivity contribution is 6.30. The van der Waals surface area contributed by atoms with Crippen molar-refractivity contribution in [3.8, 4) is 5.75 Å². The van der Waals surface area contributed by atoms with Gasteiger partial charge in [-0.2, -0.15) is 0 Å². The molecule has 2 aromatic rings.